The Balaban J connectivity index is 1.46. The molecule has 0 saturated carbocycles. The van der Waals surface area contributed by atoms with Gasteiger partial charge in [-0.1, -0.05) is 17.4 Å². The number of aryl methyl sites for hydroxylation is 2. The lowest BCUT2D eigenvalue weighted by molar-refractivity contribution is 0.0747. The van der Waals surface area contributed by atoms with Gasteiger partial charge in [-0.25, -0.2) is 4.98 Å². The van der Waals surface area contributed by atoms with Crippen molar-refractivity contribution in [1.82, 2.24) is 9.88 Å². The van der Waals surface area contributed by atoms with Crippen LogP contribution in [0.5, 0.6) is 0 Å². The average molecular weight is 376 g/mol. The zero-order chi connectivity index (χ0) is 19.0. The summed E-state index contributed by atoms with van der Waals surface area (Å²) in [7, 11) is 0. The molecule has 0 atom stereocenters. The van der Waals surface area contributed by atoms with E-state index in [0.717, 1.165) is 23.7 Å². The Morgan fingerprint density at radius 2 is 1.78 bits per heavy atom. The van der Waals surface area contributed by atoms with E-state index in [1.54, 1.807) is 35.6 Å². The van der Waals surface area contributed by atoms with Crippen LogP contribution in [-0.2, 0) is 0 Å². The molecule has 0 aliphatic carbocycles. The average Bonchev–Trinajstić information content (AvgIpc) is 3.15. The Labute approximate surface area is 162 Å². The Hall–Kier alpha value is -2.91. The number of rotatable bonds is 2. The molecule has 1 amide bonds. The number of nitrogens with zero attached hydrogens (tertiary/aromatic N) is 4. The lowest BCUT2D eigenvalue weighted by Gasteiger charge is -2.34. The van der Waals surface area contributed by atoms with Gasteiger partial charge in [0.15, 0.2) is 5.13 Å². The smallest absolute Gasteiger partial charge is 0.253 e. The normalized spacial score (nSPS) is 14.4. The lowest BCUT2D eigenvalue weighted by Crippen LogP contribution is -2.48. The van der Waals surface area contributed by atoms with Gasteiger partial charge in [0.05, 0.1) is 21.8 Å². The zero-order valence-electron chi connectivity index (χ0n) is 15.4. The molecule has 1 aliphatic rings. The second-order valence-electron chi connectivity index (χ2n) is 6.82. The number of carbonyl (C=O) groups excluding carboxylic acids is 1. The third-order valence-corrected chi connectivity index (χ3v) is 6.25. The Morgan fingerprint density at radius 3 is 2.44 bits per heavy atom. The van der Waals surface area contributed by atoms with Gasteiger partial charge in [0.25, 0.3) is 5.91 Å². The zero-order valence-corrected chi connectivity index (χ0v) is 16.2. The van der Waals surface area contributed by atoms with E-state index >= 15 is 0 Å². The second-order valence-corrected chi connectivity index (χ2v) is 7.83. The van der Waals surface area contributed by atoms with Gasteiger partial charge in [-0.05, 0) is 55.3 Å². The van der Waals surface area contributed by atoms with Crippen LogP contribution in [0, 0.1) is 25.2 Å². The summed E-state index contributed by atoms with van der Waals surface area (Å²) in [5.74, 6) is 0.0231. The summed E-state index contributed by atoms with van der Waals surface area (Å²) in [5.41, 5.74) is 4.79. The van der Waals surface area contributed by atoms with E-state index in [9.17, 15) is 4.79 Å². The highest BCUT2D eigenvalue weighted by molar-refractivity contribution is 7.22. The van der Waals surface area contributed by atoms with Gasteiger partial charge in [-0.15, -0.1) is 0 Å². The van der Waals surface area contributed by atoms with Gasteiger partial charge in [-0.2, -0.15) is 5.26 Å². The van der Waals surface area contributed by atoms with Crippen LogP contribution in [0.4, 0.5) is 5.13 Å². The van der Waals surface area contributed by atoms with Crippen molar-refractivity contribution in [1.29, 1.82) is 5.26 Å². The molecule has 1 aromatic heterocycles. The largest absolute Gasteiger partial charge is 0.345 e. The van der Waals surface area contributed by atoms with Crippen LogP contribution in [0.3, 0.4) is 0 Å². The first-order chi connectivity index (χ1) is 13.1. The minimum Gasteiger partial charge on any atom is -0.345 e. The summed E-state index contributed by atoms with van der Waals surface area (Å²) in [6.07, 6.45) is 0. The molecule has 136 valence electrons. The number of aromatic nitrogens is 1. The fourth-order valence-corrected chi connectivity index (χ4v) is 4.40. The maximum atomic E-state index is 12.7. The summed E-state index contributed by atoms with van der Waals surface area (Å²) < 4.78 is 1.21. The molecule has 3 aromatic rings. The van der Waals surface area contributed by atoms with Crippen molar-refractivity contribution in [2.75, 3.05) is 31.1 Å². The predicted molar refractivity (Wildman–Crippen MR) is 108 cm³/mol. The molecule has 0 bridgehead atoms. The number of fused-ring (bicyclic) bond motifs is 1. The Morgan fingerprint density at radius 1 is 1.07 bits per heavy atom. The number of hydrogen-bond acceptors (Lipinski definition) is 5. The van der Waals surface area contributed by atoms with Crippen LogP contribution < -0.4 is 4.90 Å². The van der Waals surface area contributed by atoms with Crippen molar-refractivity contribution in [3.05, 3.63) is 58.7 Å². The van der Waals surface area contributed by atoms with E-state index in [4.69, 9.17) is 10.2 Å². The van der Waals surface area contributed by atoms with E-state index in [1.807, 2.05) is 4.90 Å². The van der Waals surface area contributed by atoms with Crippen molar-refractivity contribution < 1.29 is 4.79 Å². The number of amides is 1. The monoisotopic (exact) mass is 376 g/mol. The van der Waals surface area contributed by atoms with Gasteiger partial charge in [0.1, 0.15) is 0 Å². The number of anilines is 1. The first kappa shape index (κ1) is 17.5. The summed E-state index contributed by atoms with van der Waals surface area (Å²) in [6.45, 7) is 7.13. The molecule has 5 nitrogen and oxygen atoms in total. The summed E-state index contributed by atoms with van der Waals surface area (Å²) in [4.78, 5) is 21.7. The molecule has 0 unspecified atom stereocenters. The van der Waals surface area contributed by atoms with E-state index in [1.165, 1.54) is 15.8 Å². The minimum absolute atomic E-state index is 0.0231. The van der Waals surface area contributed by atoms with Gasteiger partial charge in [0.2, 0.25) is 0 Å². The predicted octanol–water partition coefficient (Wildman–Crippen LogP) is 3.75. The van der Waals surface area contributed by atoms with Crippen molar-refractivity contribution in [2.45, 2.75) is 13.8 Å². The molecule has 2 aromatic carbocycles. The topological polar surface area (TPSA) is 60.2 Å². The second kappa shape index (κ2) is 7.01. The number of thiazole rings is 1. The minimum atomic E-state index is 0.0231. The van der Waals surface area contributed by atoms with Crippen molar-refractivity contribution >= 4 is 32.6 Å². The van der Waals surface area contributed by atoms with Crippen molar-refractivity contribution in [2.24, 2.45) is 0 Å². The van der Waals surface area contributed by atoms with Crippen molar-refractivity contribution in [3.63, 3.8) is 0 Å². The Bertz CT molecular complexity index is 1040. The number of hydrogen-bond donors (Lipinski definition) is 0. The first-order valence-electron chi connectivity index (χ1n) is 8.98. The Kier molecular flexibility index (Phi) is 4.54. The molecule has 2 heterocycles. The molecule has 0 N–H and O–H groups in total. The van der Waals surface area contributed by atoms with Gasteiger partial charge >= 0.3 is 0 Å². The summed E-state index contributed by atoms with van der Waals surface area (Å²) in [5, 5.41) is 9.91. The lowest BCUT2D eigenvalue weighted by atomic mass is 10.1. The van der Waals surface area contributed by atoms with Crippen LogP contribution in [0.2, 0.25) is 0 Å². The molecule has 6 heteroatoms. The molecule has 1 aliphatic heterocycles. The third-order valence-electron chi connectivity index (χ3n) is 5.17. The third kappa shape index (κ3) is 3.26. The standard InChI is InChI=1S/C21H20N4OS/c1-14-3-8-18-19(15(14)2)23-21(27-18)25-11-9-24(10-12-25)20(26)17-6-4-16(13-22)5-7-17/h3-8H,9-12H2,1-2H3. The van der Waals surface area contributed by atoms with Crippen LogP contribution in [0.25, 0.3) is 10.2 Å². The number of nitriles is 1. The highest BCUT2D eigenvalue weighted by atomic mass is 32.1. The number of benzene rings is 2. The maximum Gasteiger partial charge on any atom is 0.253 e. The quantitative estimate of drug-likeness (QED) is 0.683. The molecule has 0 spiro atoms. The molecule has 27 heavy (non-hydrogen) atoms. The van der Waals surface area contributed by atoms with Crippen LogP contribution in [0.15, 0.2) is 36.4 Å². The van der Waals surface area contributed by atoms with E-state index in [-0.39, 0.29) is 5.91 Å². The molecular formula is C21H20N4OS. The maximum absolute atomic E-state index is 12.7. The van der Waals surface area contributed by atoms with Gasteiger partial charge in [0, 0.05) is 31.7 Å². The molecule has 1 saturated heterocycles. The van der Waals surface area contributed by atoms with Crippen LogP contribution in [-0.4, -0.2) is 42.0 Å². The first-order valence-corrected chi connectivity index (χ1v) is 9.79. The van der Waals surface area contributed by atoms with E-state index < -0.39 is 0 Å². The van der Waals surface area contributed by atoms with Crippen LogP contribution in [0.1, 0.15) is 27.0 Å². The molecule has 4 rings (SSSR count). The highest BCUT2D eigenvalue weighted by Gasteiger charge is 2.24. The fourth-order valence-electron chi connectivity index (χ4n) is 3.32. The SMILES string of the molecule is Cc1ccc2sc(N3CCN(C(=O)c4ccc(C#N)cc4)CC3)nc2c1C. The molecule has 1 fully saturated rings. The van der Waals surface area contributed by atoms with Crippen molar-refractivity contribution in [3.8, 4) is 6.07 Å². The van der Waals surface area contributed by atoms with Gasteiger partial charge < -0.3 is 9.80 Å². The highest BCUT2D eigenvalue weighted by Crippen LogP contribution is 2.32. The number of carbonyl (C=O) groups is 1. The summed E-state index contributed by atoms with van der Waals surface area (Å²) in [6, 6.07) is 13.2. The fraction of sp³-hybridized carbons (Fsp3) is 0.286. The van der Waals surface area contributed by atoms with Crippen LogP contribution >= 0.6 is 11.3 Å². The summed E-state index contributed by atoms with van der Waals surface area (Å²) >= 11 is 1.72. The van der Waals surface area contributed by atoms with E-state index in [2.05, 4.69) is 36.9 Å². The van der Waals surface area contributed by atoms with Gasteiger partial charge in [-0.3, -0.25) is 4.79 Å². The molecular weight excluding hydrogens is 356 g/mol. The van der Waals surface area contributed by atoms with E-state index in [0.29, 0.717) is 24.2 Å². The molecule has 0 radical (unpaired) electrons. The number of piperazine rings is 1.